The molecule has 1 N–H and O–H groups in total. The highest BCUT2D eigenvalue weighted by Crippen LogP contribution is 2.39. The lowest BCUT2D eigenvalue weighted by Gasteiger charge is -2.31. The molecule has 1 fully saturated rings. The minimum Gasteiger partial charge on any atom is -0.492 e. The standard InChI is InChI=1S/C21H20ClNO5S/c1-2-25-18(24)11-17-21(29)23-15-7-6-12(22)10-14(15)19(28-17)13-4-3-5-16-20(13)27-9-8-26-16/h3-7,10,17,20H,2,8-9,11H2,1H3,(H,23,29)/b19-13-/t17-,20?/m1/s1. The molecule has 0 spiro atoms. The lowest BCUT2D eigenvalue weighted by Crippen LogP contribution is -2.32. The van der Waals surface area contributed by atoms with Crippen LogP contribution >= 0.6 is 23.8 Å². The number of esters is 1. The van der Waals surface area contributed by atoms with Gasteiger partial charge in [0.05, 0.1) is 25.3 Å². The molecule has 152 valence electrons. The zero-order valence-corrected chi connectivity index (χ0v) is 17.3. The number of benzene rings is 1. The summed E-state index contributed by atoms with van der Waals surface area (Å²) in [6.07, 6.45) is 4.58. The molecule has 8 heteroatoms. The lowest BCUT2D eigenvalue weighted by molar-refractivity contribution is -0.144. The van der Waals surface area contributed by atoms with Gasteiger partial charge in [-0.05, 0) is 31.2 Å². The van der Waals surface area contributed by atoms with Crippen molar-refractivity contribution in [3.8, 4) is 0 Å². The quantitative estimate of drug-likeness (QED) is 0.570. The highest BCUT2D eigenvalue weighted by Gasteiger charge is 2.34. The van der Waals surface area contributed by atoms with Crippen molar-refractivity contribution in [2.24, 2.45) is 0 Å². The van der Waals surface area contributed by atoms with Crippen LogP contribution in [0.1, 0.15) is 18.9 Å². The molecule has 1 aromatic carbocycles. The van der Waals surface area contributed by atoms with E-state index < -0.39 is 12.2 Å². The van der Waals surface area contributed by atoms with E-state index in [1.54, 1.807) is 19.1 Å². The number of carbonyl (C=O) groups excluding carboxylic acids is 1. The number of nitrogens with one attached hydrogen (secondary N) is 1. The van der Waals surface area contributed by atoms with Crippen molar-refractivity contribution < 1.29 is 23.7 Å². The number of ether oxygens (including phenoxy) is 4. The molecule has 0 aromatic heterocycles. The molecule has 1 saturated heterocycles. The van der Waals surface area contributed by atoms with Crippen LogP contribution in [0.15, 0.2) is 47.8 Å². The zero-order chi connectivity index (χ0) is 20.4. The second-order valence-electron chi connectivity index (χ2n) is 6.61. The third-order valence-electron chi connectivity index (χ3n) is 4.67. The fourth-order valence-corrected chi connectivity index (χ4v) is 3.82. The van der Waals surface area contributed by atoms with Crippen LogP contribution in [-0.2, 0) is 23.7 Å². The van der Waals surface area contributed by atoms with Gasteiger partial charge < -0.3 is 24.3 Å². The number of hydrogen-bond acceptors (Lipinski definition) is 6. The fraction of sp³-hybridized carbons (Fsp3) is 0.333. The van der Waals surface area contributed by atoms with Gasteiger partial charge in [-0.1, -0.05) is 36.0 Å². The maximum atomic E-state index is 12.1. The van der Waals surface area contributed by atoms with E-state index in [0.29, 0.717) is 35.6 Å². The monoisotopic (exact) mass is 433 g/mol. The van der Waals surface area contributed by atoms with E-state index in [2.05, 4.69) is 5.32 Å². The maximum absolute atomic E-state index is 12.1. The Kier molecular flexibility index (Phi) is 5.89. The summed E-state index contributed by atoms with van der Waals surface area (Å²) < 4.78 is 23.1. The van der Waals surface area contributed by atoms with Gasteiger partial charge in [0.1, 0.15) is 29.2 Å². The van der Waals surface area contributed by atoms with Crippen molar-refractivity contribution in [2.45, 2.75) is 25.6 Å². The van der Waals surface area contributed by atoms with E-state index in [1.807, 2.05) is 24.3 Å². The number of carbonyl (C=O) groups is 1. The number of hydrogen-bond donors (Lipinski definition) is 1. The Hall–Kier alpha value is -2.35. The van der Waals surface area contributed by atoms with Gasteiger partial charge in [0.2, 0.25) is 0 Å². The summed E-state index contributed by atoms with van der Waals surface area (Å²) in [4.78, 5) is 12.5. The van der Waals surface area contributed by atoms with E-state index in [-0.39, 0.29) is 12.4 Å². The Balaban J connectivity index is 1.80. The summed E-state index contributed by atoms with van der Waals surface area (Å²) in [6, 6.07) is 5.41. The molecular formula is C21H20ClNO5S. The zero-order valence-electron chi connectivity index (χ0n) is 15.8. The molecule has 3 aliphatic rings. The highest BCUT2D eigenvalue weighted by atomic mass is 35.5. The summed E-state index contributed by atoms with van der Waals surface area (Å²) >= 11 is 11.8. The average molecular weight is 434 g/mol. The number of allylic oxidation sites excluding steroid dienone is 2. The fourth-order valence-electron chi connectivity index (χ4n) is 3.41. The van der Waals surface area contributed by atoms with Crippen LogP contribution < -0.4 is 5.32 Å². The topological polar surface area (TPSA) is 66.0 Å². The Morgan fingerprint density at radius 1 is 1.38 bits per heavy atom. The predicted molar refractivity (Wildman–Crippen MR) is 114 cm³/mol. The maximum Gasteiger partial charge on any atom is 0.310 e. The SMILES string of the molecule is CCOC(=O)C[C@H]1O/C(=C2/C=CC=C3OCCOC32)c2cc(Cl)ccc2NC1=S. The van der Waals surface area contributed by atoms with E-state index in [4.69, 9.17) is 42.8 Å². The van der Waals surface area contributed by atoms with Gasteiger partial charge in [0, 0.05) is 16.2 Å². The molecule has 2 aliphatic heterocycles. The Morgan fingerprint density at radius 2 is 2.24 bits per heavy atom. The first-order chi connectivity index (χ1) is 14.1. The van der Waals surface area contributed by atoms with Gasteiger partial charge >= 0.3 is 5.97 Å². The highest BCUT2D eigenvalue weighted by molar-refractivity contribution is 7.80. The van der Waals surface area contributed by atoms with Gasteiger partial charge in [-0.25, -0.2) is 0 Å². The molecule has 1 aromatic rings. The summed E-state index contributed by atoms with van der Waals surface area (Å²) in [5.41, 5.74) is 2.27. The molecule has 2 atom stereocenters. The number of halogens is 1. The number of rotatable bonds is 3. The number of thiocarbonyl (C=S) groups is 1. The van der Waals surface area contributed by atoms with Gasteiger partial charge in [0.25, 0.3) is 0 Å². The van der Waals surface area contributed by atoms with Crippen molar-refractivity contribution in [3.63, 3.8) is 0 Å². The third kappa shape index (κ3) is 4.17. The Bertz CT molecular complexity index is 939. The molecule has 6 nitrogen and oxygen atoms in total. The molecule has 1 aliphatic carbocycles. The van der Waals surface area contributed by atoms with Crippen molar-refractivity contribution >= 4 is 46.2 Å². The lowest BCUT2D eigenvalue weighted by atomic mass is 9.97. The first-order valence-corrected chi connectivity index (χ1v) is 10.2. The van der Waals surface area contributed by atoms with E-state index in [1.165, 1.54) is 0 Å². The molecule has 29 heavy (non-hydrogen) atoms. The first-order valence-electron chi connectivity index (χ1n) is 9.36. The minimum absolute atomic E-state index is 0.00733. The second kappa shape index (κ2) is 8.57. The Morgan fingerprint density at radius 3 is 3.07 bits per heavy atom. The summed E-state index contributed by atoms with van der Waals surface area (Å²) in [5.74, 6) is 0.878. The van der Waals surface area contributed by atoms with Crippen LogP contribution in [0.5, 0.6) is 0 Å². The van der Waals surface area contributed by atoms with Gasteiger partial charge in [-0.3, -0.25) is 4.79 Å². The van der Waals surface area contributed by atoms with Gasteiger partial charge in [0.15, 0.2) is 6.10 Å². The summed E-state index contributed by atoms with van der Waals surface area (Å²) in [5, 5.41) is 3.74. The summed E-state index contributed by atoms with van der Waals surface area (Å²) in [7, 11) is 0. The number of fused-ring (bicyclic) bond motifs is 2. The average Bonchev–Trinajstić information content (AvgIpc) is 2.84. The van der Waals surface area contributed by atoms with Crippen molar-refractivity contribution in [3.05, 3.63) is 58.3 Å². The van der Waals surface area contributed by atoms with E-state index >= 15 is 0 Å². The van der Waals surface area contributed by atoms with Crippen molar-refractivity contribution in [1.82, 2.24) is 0 Å². The molecule has 4 rings (SSSR count). The molecule has 0 bridgehead atoms. The van der Waals surface area contributed by atoms with Gasteiger partial charge in [-0.2, -0.15) is 0 Å². The van der Waals surface area contributed by atoms with Crippen LogP contribution in [0, 0.1) is 0 Å². The third-order valence-corrected chi connectivity index (χ3v) is 5.27. The molecular weight excluding hydrogens is 414 g/mol. The molecule has 0 radical (unpaired) electrons. The van der Waals surface area contributed by atoms with Crippen molar-refractivity contribution in [2.75, 3.05) is 25.1 Å². The molecule has 0 amide bonds. The first kappa shape index (κ1) is 19.9. The smallest absolute Gasteiger partial charge is 0.310 e. The van der Waals surface area contributed by atoms with Crippen LogP contribution in [0.3, 0.4) is 0 Å². The normalized spacial score (nSPS) is 25.4. The molecule has 0 saturated carbocycles. The molecule has 1 unspecified atom stereocenters. The minimum atomic E-state index is -0.690. The van der Waals surface area contributed by atoms with Crippen LogP contribution in [0.2, 0.25) is 5.02 Å². The number of anilines is 1. The second-order valence-corrected chi connectivity index (χ2v) is 7.48. The molecule has 2 heterocycles. The predicted octanol–water partition coefficient (Wildman–Crippen LogP) is 4.01. The summed E-state index contributed by atoms with van der Waals surface area (Å²) in [6.45, 7) is 3.02. The largest absolute Gasteiger partial charge is 0.492 e. The van der Waals surface area contributed by atoms with Crippen LogP contribution in [0.25, 0.3) is 5.76 Å². The Labute approximate surface area is 179 Å². The van der Waals surface area contributed by atoms with E-state index in [0.717, 1.165) is 22.6 Å². The van der Waals surface area contributed by atoms with Crippen LogP contribution in [-0.4, -0.2) is 43.0 Å². The van der Waals surface area contributed by atoms with E-state index in [9.17, 15) is 4.79 Å². The van der Waals surface area contributed by atoms with Crippen molar-refractivity contribution in [1.29, 1.82) is 0 Å². The van der Waals surface area contributed by atoms with Gasteiger partial charge in [-0.15, -0.1) is 0 Å². The van der Waals surface area contributed by atoms with Crippen LogP contribution in [0.4, 0.5) is 5.69 Å².